The van der Waals surface area contributed by atoms with E-state index < -0.39 is 0 Å². The van der Waals surface area contributed by atoms with Crippen LogP contribution in [0.3, 0.4) is 0 Å². The number of phenols is 2. The molecule has 2 aromatic rings. The highest BCUT2D eigenvalue weighted by Gasteiger charge is 2.14. The number of hydrogen-bond donors (Lipinski definition) is 3. The van der Waals surface area contributed by atoms with E-state index in [4.69, 9.17) is 4.52 Å². The van der Waals surface area contributed by atoms with Gasteiger partial charge >= 0.3 is 0 Å². The van der Waals surface area contributed by atoms with Gasteiger partial charge in [-0.15, -0.1) is 0 Å². The van der Waals surface area contributed by atoms with Crippen LogP contribution in [0.2, 0.25) is 0 Å². The third kappa shape index (κ3) is 2.62. The van der Waals surface area contributed by atoms with E-state index in [1.54, 1.807) is 18.2 Å². The highest BCUT2D eigenvalue weighted by Crippen LogP contribution is 2.32. The summed E-state index contributed by atoms with van der Waals surface area (Å²) in [4.78, 5) is 0. The second kappa shape index (κ2) is 5.10. The van der Waals surface area contributed by atoms with Crippen LogP contribution in [0.5, 0.6) is 11.5 Å². The summed E-state index contributed by atoms with van der Waals surface area (Å²) in [6.07, 6.45) is 0. The van der Waals surface area contributed by atoms with Gasteiger partial charge in [-0.25, -0.2) is 0 Å². The average molecular weight is 248 g/mol. The first-order valence-electron chi connectivity index (χ1n) is 5.74. The standard InChI is InChI=1S/C13H16N2O3/c1-8-6-10(15-18-8)7-14-9(2)13-11(16)4-3-5-12(13)17/h3-6,9,14,16-17H,7H2,1-2H3. The topological polar surface area (TPSA) is 78.5 Å². The summed E-state index contributed by atoms with van der Waals surface area (Å²) >= 11 is 0. The summed E-state index contributed by atoms with van der Waals surface area (Å²) in [5, 5.41) is 26.5. The molecule has 1 aromatic carbocycles. The molecule has 1 heterocycles. The van der Waals surface area contributed by atoms with Gasteiger partial charge < -0.3 is 20.1 Å². The van der Waals surface area contributed by atoms with Crippen molar-refractivity contribution in [3.63, 3.8) is 0 Å². The average Bonchev–Trinajstić information content (AvgIpc) is 2.72. The number of benzene rings is 1. The Hall–Kier alpha value is -2.01. The second-order valence-corrected chi connectivity index (χ2v) is 4.24. The third-order valence-electron chi connectivity index (χ3n) is 2.76. The van der Waals surface area contributed by atoms with Gasteiger partial charge in [-0.3, -0.25) is 0 Å². The van der Waals surface area contributed by atoms with Crippen LogP contribution >= 0.6 is 0 Å². The highest BCUT2D eigenvalue weighted by molar-refractivity contribution is 5.44. The number of aryl methyl sites for hydroxylation is 1. The molecule has 3 N–H and O–H groups in total. The lowest BCUT2D eigenvalue weighted by Gasteiger charge is -2.15. The molecule has 0 aliphatic rings. The van der Waals surface area contributed by atoms with Gasteiger partial charge in [-0.1, -0.05) is 11.2 Å². The normalized spacial score (nSPS) is 12.6. The van der Waals surface area contributed by atoms with Crippen molar-refractivity contribution in [1.82, 2.24) is 10.5 Å². The predicted octanol–water partition coefficient (Wildman–Crippen LogP) is 2.25. The quantitative estimate of drug-likeness (QED) is 0.773. The first-order chi connectivity index (χ1) is 8.58. The zero-order valence-corrected chi connectivity index (χ0v) is 10.3. The molecule has 2 rings (SSSR count). The molecule has 1 atom stereocenters. The van der Waals surface area contributed by atoms with Gasteiger partial charge in [0.05, 0.1) is 11.3 Å². The van der Waals surface area contributed by atoms with Crippen LogP contribution in [0.15, 0.2) is 28.8 Å². The van der Waals surface area contributed by atoms with Crippen molar-refractivity contribution in [2.45, 2.75) is 26.4 Å². The SMILES string of the molecule is Cc1cc(CNC(C)c2c(O)cccc2O)no1. The van der Waals surface area contributed by atoms with E-state index in [1.807, 2.05) is 19.9 Å². The monoisotopic (exact) mass is 248 g/mol. The van der Waals surface area contributed by atoms with Crippen molar-refractivity contribution in [3.8, 4) is 11.5 Å². The molecule has 5 nitrogen and oxygen atoms in total. The number of phenolic OH excluding ortho intramolecular Hbond substituents is 2. The van der Waals surface area contributed by atoms with E-state index in [2.05, 4.69) is 10.5 Å². The van der Waals surface area contributed by atoms with Crippen molar-refractivity contribution >= 4 is 0 Å². The largest absolute Gasteiger partial charge is 0.507 e. The number of aromatic nitrogens is 1. The summed E-state index contributed by atoms with van der Waals surface area (Å²) < 4.78 is 4.96. The molecule has 0 radical (unpaired) electrons. The van der Waals surface area contributed by atoms with Gasteiger partial charge in [0.1, 0.15) is 17.3 Å². The van der Waals surface area contributed by atoms with E-state index in [9.17, 15) is 10.2 Å². The Balaban J connectivity index is 2.06. The van der Waals surface area contributed by atoms with Crippen molar-refractivity contribution in [2.24, 2.45) is 0 Å². The smallest absolute Gasteiger partial charge is 0.133 e. The summed E-state index contributed by atoms with van der Waals surface area (Å²) in [6, 6.07) is 6.34. The Kier molecular flexibility index (Phi) is 3.53. The van der Waals surface area contributed by atoms with Crippen LogP contribution in [-0.4, -0.2) is 15.4 Å². The minimum absolute atomic E-state index is 0.0753. The molecule has 18 heavy (non-hydrogen) atoms. The molecule has 96 valence electrons. The lowest BCUT2D eigenvalue weighted by Crippen LogP contribution is -2.18. The molecule has 0 saturated carbocycles. The predicted molar refractivity (Wildman–Crippen MR) is 66.3 cm³/mol. The minimum atomic E-state index is -0.191. The maximum absolute atomic E-state index is 9.73. The summed E-state index contributed by atoms with van der Waals surface area (Å²) in [5.41, 5.74) is 1.27. The fourth-order valence-electron chi connectivity index (χ4n) is 1.85. The molecule has 0 amide bonds. The Bertz CT molecular complexity index is 517. The van der Waals surface area contributed by atoms with E-state index >= 15 is 0 Å². The summed E-state index contributed by atoms with van der Waals surface area (Å²) in [6.45, 7) is 4.20. The zero-order chi connectivity index (χ0) is 13.1. The van der Waals surface area contributed by atoms with Gasteiger partial charge in [-0.05, 0) is 26.0 Å². The molecular weight excluding hydrogens is 232 g/mol. The van der Waals surface area contributed by atoms with Crippen LogP contribution < -0.4 is 5.32 Å². The van der Waals surface area contributed by atoms with Crippen LogP contribution in [0.1, 0.15) is 30.0 Å². The second-order valence-electron chi connectivity index (χ2n) is 4.24. The van der Waals surface area contributed by atoms with Crippen molar-refractivity contribution in [1.29, 1.82) is 0 Å². The minimum Gasteiger partial charge on any atom is -0.507 e. The Morgan fingerprint density at radius 2 is 2.00 bits per heavy atom. The first-order valence-corrected chi connectivity index (χ1v) is 5.74. The third-order valence-corrected chi connectivity index (χ3v) is 2.76. The number of nitrogens with zero attached hydrogens (tertiary/aromatic N) is 1. The molecule has 0 aliphatic carbocycles. The zero-order valence-electron chi connectivity index (χ0n) is 10.3. The van der Waals surface area contributed by atoms with Crippen LogP contribution in [0.4, 0.5) is 0 Å². The van der Waals surface area contributed by atoms with E-state index in [0.29, 0.717) is 12.1 Å². The molecular formula is C13H16N2O3. The van der Waals surface area contributed by atoms with Crippen molar-refractivity contribution < 1.29 is 14.7 Å². The molecule has 0 aliphatic heterocycles. The van der Waals surface area contributed by atoms with Crippen molar-refractivity contribution in [2.75, 3.05) is 0 Å². The maximum Gasteiger partial charge on any atom is 0.133 e. The molecule has 5 heteroatoms. The van der Waals surface area contributed by atoms with E-state index in [0.717, 1.165) is 11.5 Å². The van der Waals surface area contributed by atoms with E-state index in [-0.39, 0.29) is 17.5 Å². The molecule has 1 aromatic heterocycles. The van der Waals surface area contributed by atoms with Gasteiger partial charge in [0, 0.05) is 18.7 Å². The van der Waals surface area contributed by atoms with Gasteiger partial charge in [0.25, 0.3) is 0 Å². The van der Waals surface area contributed by atoms with Crippen molar-refractivity contribution in [3.05, 3.63) is 41.3 Å². The molecule has 0 spiro atoms. The van der Waals surface area contributed by atoms with Gasteiger partial charge in [0.2, 0.25) is 0 Å². The summed E-state index contributed by atoms with van der Waals surface area (Å²) in [5.74, 6) is 0.905. The Labute approximate surface area is 105 Å². The fourth-order valence-corrected chi connectivity index (χ4v) is 1.85. The number of hydrogen-bond acceptors (Lipinski definition) is 5. The van der Waals surface area contributed by atoms with Crippen LogP contribution in [0, 0.1) is 6.92 Å². The number of aromatic hydroxyl groups is 2. The Morgan fingerprint density at radius 1 is 1.33 bits per heavy atom. The molecule has 0 saturated heterocycles. The van der Waals surface area contributed by atoms with E-state index in [1.165, 1.54) is 0 Å². The van der Waals surface area contributed by atoms with Crippen LogP contribution in [0.25, 0.3) is 0 Å². The number of nitrogens with one attached hydrogen (secondary N) is 1. The van der Waals surface area contributed by atoms with Crippen LogP contribution in [-0.2, 0) is 6.54 Å². The lowest BCUT2D eigenvalue weighted by molar-refractivity contribution is 0.384. The fraction of sp³-hybridized carbons (Fsp3) is 0.308. The molecule has 0 fully saturated rings. The maximum atomic E-state index is 9.73. The molecule has 0 bridgehead atoms. The summed E-state index contributed by atoms with van der Waals surface area (Å²) in [7, 11) is 0. The highest BCUT2D eigenvalue weighted by atomic mass is 16.5. The Morgan fingerprint density at radius 3 is 2.56 bits per heavy atom. The lowest BCUT2D eigenvalue weighted by atomic mass is 10.1. The number of rotatable bonds is 4. The van der Waals surface area contributed by atoms with Gasteiger partial charge in [0.15, 0.2) is 0 Å². The molecule has 1 unspecified atom stereocenters. The first kappa shape index (κ1) is 12.4. The van der Waals surface area contributed by atoms with Gasteiger partial charge in [-0.2, -0.15) is 0 Å².